The molecule has 7 nitrogen and oxygen atoms in total. The Kier molecular flexibility index (Phi) is 7.87. The molecule has 2 saturated heterocycles. The maximum Gasteiger partial charge on any atom is 0.357 e. The van der Waals surface area contributed by atoms with Crippen LogP contribution in [0.1, 0.15) is 102 Å². The Hall–Kier alpha value is -1.74. The monoisotopic (exact) mass is 624 g/mol. The summed E-state index contributed by atoms with van der Waals surface area (Å²) in [4.78, 5) is 19.2. The largest absolute Gasteiger partial charge is 0.369 e. The molecule has 0 bridgehead atoms. The van der Waals surface area contributed by atoms with Gasteiger partial charge in [-0.05, 0) is 118 Å². The fraction of sp³-hybridized carbons (Fsp3) is 0.750. The first-order chi connectivity index (χ1) is 20.9. The van der Waals surface area contributed by atoms with Gasteiger partial charge in [-0.3, -0.25) is 0 Å². The number of nitrogens with zero attached hydrogens (tertiary/aromatic N) is 1. The lowest BCUT2D eigenvalue weighted by molar-refractivity contribution is -0.182. The molecule has 242 valence electrons. The first-order valence-electron chi connectivity index (χ1n) is 17.2. The van der Waals surface area contributed by atoms with E-state index in [1.54, 1.807) is 11.1 Å². The number of sulfonamides is 1. The van der Waals surface area contributed by atoms with Crippen LogP contribution in [0.25, 0.3) is 0 Å². The van der Waals surface area contributed by atoms with Gasteiger partial charge >= 0.3 is 5.97 Å². The molecule has 2 aliphatic heterocycles. The Balaban J connectivity index is 1.10. The van der Waals surface area contributed by atoms with Crippen molar-refractivity contribution in [3.8, 4) is 0 Å². The minimum atomic E-state index is -3.17. The van der Waals surface area contributed by atoms with Crippen LogP contribution in [0, 0.1) is 40.9 Å². The van der Waals surface area contributed by atoms with E-state index < -0.39 is 10.0 Å². The normalized spacial score (nSPS) is 44.0. The summed E-state index contributed by atoms with van der Waals surface area (Å²) in [5.41, 5.74) is 3.91. The highest BCUT2D eigenvalue weighted by atomic mass is 32.2. The third-order valence-electron chi connectivity index (χ3n) is 13.3. The molecule has 1 N–H and O–H groups in total. The van der Waals surface area contributed by atoms with Crippen LogP contribution in [0.3, 0.4) is 0 Å². The zero-order valence-corrected chi connectivity index (χ0v) is 28.1. The molecule has 44 heavy (non-hydrogen) atoms. The molecule has 3 saturated carbocycles. The molecule has 8 heteroatoms. The Labute approximate surface area is 264 Å². The van der Waals surface area contributed by atoms with E-state index in [2.05, 4.69) is 32.4 Å². The second-order valence-electron chi connectivity index (χ2n) is 15.9. The molecule has 11 atom stereocenters. The fourth-order valence-electron chi connectivity index (χ4n) is 11.2. The van der Waals surface area contributed by atoms with Crippen LogP contribution in [0.5, 0.6) is 0 Å². The molecule has 1 aromatic rings. The smallest absolute Gasteiger partial charge is 0.357 e. The predicted molar refractivity (Wildman–Crippen MR) is 171 cm³/mol. The lowest BCUT2D eigenvalue weighted by Crippen LogP contribution is -2.52. The molecule has 2 heterocycles. The molecule has 7 rings (SSSR count). The quantitative estimate of drug-likeness (QED) is 0.385. The number of rotatable bonds is 4. The van der Waals surface area contributed by atoms with Crippen LogP contribution in [0.15, 0.2) is 41.5 Å². The minimum Gasteiger partial charge on any atom is -0.369 e. The molecule has 0 amide bonds. The molecule has 0 aromatic heterocycles. The molecule has 5 fully saturated rings. The van der Waals surface area contributed by atoms with Gasteiger partial charge < -0.3 is 9.57 Å². The third kappa shape index (κ3) is 5.29. The predicted octanol–water partition coefficient (Wildman–Crippen LogP) is 6.51. The molecule has 4 aliphatic carbocycles. The van der Waals surface area contributed by atoms with Crippen LogP contribution >= 0.6 is 0 Å². The summed E-state index contributed by atoms with van der Waals surface area (Å²) >= 11 is 0. The number of hydrogen-bond donors (Lipinski definition) is 1. The molecular formula is C36H52N2O5S. The summed E-state index contributed by atoms with van der Waals surface area (Å²) in [5.74, 6) is 3.02. The van der Waals surface area contributed by atoms with Gasteiger partial charge in [0.1, 0.15) is 0 Å². The van der Waals surface area contributed by atoms with Crippen molar-refractivity contribution >= 4 is 16.0 Å². The van der Waals surface area contributed by atoms with E-state index in [9.17, 15) is 13.2 Å². The van der Waals surface area contributed by atoms with Gasteiger partial charge in [0, 0.05) is 18.5 Å². The molecular weight excluding hydrogens is 572 g/mol. The summed E-state index contributed by atoms with van der Waals surface area (Å²) in [5, 5.41) is 1.98. The van der Waals surface area contributed by atoms with Gasteiger partial charge in [-0.2, -0.15) is 0 Å². The van der Waals surface area contributed by atoms with Crippen molar-refractivity contribution in [3.63, 3.8) is 0 Å². The van der Waals surface area contributed by atoms with E-state index in [4.69, 9.17) is 9.57 Å². The van der Waals surface area contributed by atoms with Crippen LogP contribution in [0.2, 0.25) is 0 Å². The summed E-state index contributed by atoms with van der Waals surface area (Å²) in [6, 6.07) is 9.49. The van der Waals surface area contributed by atoms with Crippen LogP contribution in [-0.2, 0) is 19.6 Å². The number of carbonyl (C=O) groups excluding carboxylic acids is 1. The molecule has 2 unspecified atom stereocenters. The fourth-order valence-corrected chi connectivity index (χ4v) is 12.1. The van der Waals surface area contributed by atoms with E-state index in [-0.39, 0.29) is 35.7 Å². The van der Waals surface area contributed by atoms with Crippen LogP contribution < -0.4 is 4.72 Å². The molecule has 0 radical (unpaired) electrons. The molecule has 1 aromatic carbocycles. The summed E-state index contributed by atoms with van der Waals surface area (Å²) in [6.45, 7) is 10.3. The Morgan fingerprint density at radius 1 is 1.07 bits per heavy atom. The van der Waals surface area contributed by atoms with Gasteiger partial charge in [0.2, 0.25) is 10.0 Å². The van der Waals surface area contributed by atoms with Gasteiger partial charge in [-0.1, -0.05) is 50.1 Å². The number of carbonyl (C=O) groups is 1. The Morgan fingerprint density at radius 3 is 2.59 bits per heavy atom. The van der Waals surface area contributed by atoms with Gasteiger partial charge in [-0.25, -0.2) is 17.9 Å². The van der Waals surface area contributed by atoms with E-state index in [1.165, 1.54) is 31.9 Å². The van der Waals surface area contributed by atoms with Crippen molar-refractivity contribution in [2.45, 2.75) is 116 Å². The van der Waals surface area contributed by atoms with Gasteiger partial charge in [-0.15, -0.1) is 5.06 Å². The average molecular weight is 625 g/mol. The number of piperidine rings is 1. The second kappa shape index (κ2) is 11.2. The van der Waals surface area contributed by atoms with Gasteiger partial charge in [0.15, 0.2) is 0 Å². The highest BCUT2D eigenvalue weighted by Gasteiger charge is 2.61. The second-order valence-corrected chi connectivity index (χ2v) is 17.7. The van der Waals surface area contributed by atoms with Crippen molar-refractivity contribution in [2.24, 2.45) is 40.9 Å². The lowest BCUT2D eigenvalue weighted by Gasteiger charge is -2.54. The molecule has 6 aliphatic rings. The first kappa shape index (κ1) is 30.9. The van der Waals surface area contributed by atoms with Crippen molar-refractivity contribution in [1.29, 1.82) is 0 Å². The summed E-state index contributed by atoms with van der Waals surface area (Å²) in [7, 11) is -3.17. The Morgan fingerprint density at radius 2 is 1.84 bits per heavy atom. The lowest BCUT2D eigenvalue weighted by atomic mass is 9.52. The SMILES string of the molecule is CC1=C2CC3[C@@H](CC[C@@H]4C[C@H](NS(C)(=O)=O)CC[C@]34C)[C@@H]2CC[C@@]2(C1)O[C@@H]1C[C@H](C)CN(OC(=O)c3ccccc3)C1[C@H]2C. The standard InChI is InChI=1S/C36H52N2O5S/c1-22-17-32-33(38(21-22)43-34(39)25-9-7-6-8-10-25)24(3)36(42-32)16-14-28-29-12-11-26-18-27(37-44(5,40)41)13-15-35(26,4)31(29)19-30(28)23(2)20-36/h6-10,22,24,26-29,31-33,37H,11-21H2,1-5H3/t22-,24+,26+,27+,28-,29-,31?,32+,33?,35-,36-/m0/s1. The minimum absolute atomic E-state index is 0.0749. The van der Waals surface area contributed by atoms with E-state index in [0.717, 1.165) is 51.0 Å². The number of hydrogen-bond acceptors (Lipinski definition) is 6. The van der Waals surface area contributed by atoms with Crippen molar-refractivity contribution in [3.05, 3.63) is 47.0 Å². The molecule has 1 spiro atoms. The summed E-state index contributed by atoms with van der Waals surface area (Å²) < 4.78 is 34.0. The Bertz CT molecular complexity index is 1410. The number of fused-ring (bicyclic) bond motifs is 6. The topological polar surface area (TPSA) is 84.9 Å². The highest BCUT2D eigenvalue weighted by molar-refractivity contribution is 7.88. The number of allylic oxidation sites excluding steroid dienone is 1. The van der Waals surface area contributed by atoms with Crippen molar-refractivity contribution < 1.29 is 22.8 Å². The number of benzene rings is 1. The number of nitrogens with one attached hydrogen (secondary N) is 1. The van der Waals surface area contributed by atoms with Gasteiger partial charge in [0.25, 0.3) is 0 Å². The zero-order valence-electron chi connectivity index (χ0n) is 27.3. The van der Waals surface area contributed by atoms with E-state index in [1.807, 2.05) is 35.4 Å². The van der Waals surface area contributed by atoms with Crippen LogP contribution in [0.4, 0.5) is 0 Å². The van der Waals surface area contributed by atoms with Crippen molar-refractivity contribution in [2.75, 3.05) is 12.8 Å². The van der Waals surface area contributed by atoms with E-state index >= 15 is 0 Å². The highest BCUT2D eigenvalue weighted by Crippen LogP contribution is 2.65. The summed E-state index contributed by atoms with van der Waals surface area (Å²) in [6.07, 6.45) is 12.3. The first-order valence-corrected chi connectivity index (χ1v) is 19.1. The maximum absolute atomic E-state index is 13.1. The maximum atomic E-state index is 13.1. The van der Waals surface area contributed by atoms with Crippen LogP contribution in [-0.4, -0.2) is 56.0 Å². The number of ether oxygens (including phenoxy) is 1. The van der Waals surface area contributed by atoms with Crippen molar-refractivity contribution in [1.82, 2.24) is 9.79 Å². The zero-order chi connectivity index (χ0) is 31.0. The number of hydroxylamine groups is 2. The van der Waals surface area contributed by atoms with Gasteiger partial charge in [0.05, 0.1) is 29.6 Å². The third-order valence-corrected chi connectivity index (χ3v) is 14.1. The van der Waals surface area contributed by atoms with E-state index in [0.29, 0.717) is 34.7 Å². The average Bonchev–Trinajstić information content (AvgIpc) is 3.43.